The van der Waals surface area contributed by atoms with Gasteiger partial charge in [0.15, 0.2) is 11.6 Å². The third kappa shape index (κ3) is 3.54. The van der Waals surface area contributed by atoms with E-state index in [0.29, 0.717) is 0 Å². The molecule has 0 radical (unpaired) electrons. The predicted octanol–water partition coefficient (Wildman–Crippen LogP) is 13.6. The van der Waals surface area contributed by atoms with Crippen LogP contribution in [0.4, 0.5) is 0 Å². The molecule has 0 unspecified atom stereocenters. The SMILES string of the molecule is CC12CCC(C)(CC1)c1cc3c4c(-c5ccccc5)c5oc6ccccc6c5c5c6cc7c(cc6n(c3cc1C2=O)c45)C(=O)C1(C)c2ccccc2C7(C)c2ccccc21. The lowest BCUT2D eigenvalue weighted by Gasteiger charge is -2.43. The van der Waals surface area contributed by atoms with Crippen LogP contribution >= 0.6 is 0 Å². The van der Waals surface area contributed by atoms with E-state index in [0.717, 1.165) is 125 Å². The molecular formula is C56H41NO3. The van der Waals surface area contributed by atoms with Crippen LogP contribution in [0.1, 0.15) is 107 Å². The van der Waals surface area contributed by atoms with E-state index >= 15 is 4.79 Å². The van der Waals surface area contributed by atoms with Crippen molar-refractivity contribution in [3.05, 3.63) is 172 Å². The molecule has 1 fully saturated rings. The second kappa shape index (κ2) is 10.4. The molecule has 7 aromatic carbocycles. The van der Waals surface area contributed by atoms with Crippen LogP contribution in [-0.2, 0) is 16.2 Å². The Morgan fingerprint density at radius 2 is 1.02 bits per heavy atom. The molecule has 3 aromatic heterocycles. The molecule has 16 rings (SSSR count). The Morgan fingerprint density at radius 3 is 1.68 bits per heavy atom. The van der Waals surface area contributed by atoms with Gasteiger partial charge in [0.2, 0.25) is 0 Å². The van der Waals surface area contributed by atoms with E-state index in [1.807, 2.05) is 0 Å². The fourth-order valence-electron chi connectivity index (χ4n) is 13.2. The molecule has 4 heteroatoms. The van der Waals surface area contributed by atoms with Gasteiger partial charge in [-0.25, -0.2) is 0 Å². The second-order valence-corrected chi connectivity index (χ2v) is 19.4. The van der Waals surface area contributed by atoms with Gasteiger partial charge < -0.3 is 8.82 Å². The fourth-order valence-corrected chi connectivity index (χ4v) is 13.2. The van der Waals surface area contributed by atoms with E-state index in [4.69, 9.17) is 4.42 Å². The first-order valence-corrected chi connectivity index (χ1v) is 21.6. The summed E-state index contributed by atoms with van der Waals surface area (Å²) in [6.07, 6.45) is 3.80. The standard InChI is InChI=1S/C56H41NO3/c1-53-22-24-54(2,25-23-53)51(58)32-28-42-34(26-40(32)53)46-45(30-14-6-5-7-15-30)50-48(31-16-8-13-21-44(31)60-50)47-35-27-41-33(29-43(35)57(42)49(46)47)52(59)56(4)38-19-11-9-17-36(38)55(41,3)37-18-10-12-20-39(37)56/h5-21,26-29H,22-25H2,1-4H3. The molecule has 4 nitrogen and oxygen atoms in total. The Labute approximate surface area is 346 Å². The zero-order valence-electron chi connectivity index (χ0n) is 34.1. The quantitative estimate of drug-likeness (QED) is 0.167. The number of carbonyl (C=O) groups excluding carboxylic acids is 2. The Balaban J connectivity index is 1.24. The van der Waals surface area contributed by atoms with Crippen LogP contribution in [0, 0.1) is 5.41 Å². The summed E-state index contributed by atoms with van der Waals surface area (Å²) < 4.78 is 9.50. The predicted molar refractivity (Wildman–Crippen MR) is 241 cm³/mol. The van der Waals surface area contributed by atoms with Gasteiger partial charge in [0.25, 0.3) is 0 Å². The molecule has 0 N–H and O–H groups in total. The van der Waals surface area contributed by atoms with Crippen molar-refractivity contribution >= 4 is 71.6 Å². The first-order valence-electron chi connectivity index (χ1n) is 21.6. The van der Waals surface area contributed by atoms with Crippen LogP contribution in [0.15, 0.2) is 132 Å². The summed E-state index contributed by atoms with van der Waals surface area (Å²) in [6, 6.07) is 45.5. The molecule has 6 aliphatic carbocycles. The van der Waals surface area contributed by atoms with E-state index in [9.17, 15) is 4.79 Å². The summed E-state index contributed by atoms with van der Waals surface area (Å²) in [5, 5.41) is 6.62. The Hall–Kier alpha value is -6.52. The van der Waals surface area contributed by atoms with Crippen molar-refractivity contribution in [2.24, 2.45) is 5.41 Å². The highest BCUT2D eigenvalue weighted by atomic mass is 16.3. The second-order valence-electron chi connectivity index (χ2n) is 19.4. The molecule has 0 aliphatic heterocycles. The smallest absolute Gasteiger partial charge is 0.177 e. The average Bonchev–Trinajstić information content (AvgIpc) is 3.89. The molecule has 10 aromatic rings. The van der Waals surface area contributed by atoms with Gasteiger partial charge in [-0.05, 0) is 114 Å². The van der Waals surface area contributed by atoms with E-state index in [2.05, 4.69) is 159 Å². The topological polar surface area (TPSA) is 51.7 Å². The third-order valence-electron chi connectivity index (χ3n) is 16.5. The minimum atomic E-state index is -0.867. The number of Topliss-reactive ketones (excluding diaryl/α,β-unsaturated/α-hetero) is 2. The average molecular weight is 776 g/mol. The van der Waals surface area contributed by atoms with Crippen molar-refractivity contribution in [1.82, 2.24) is 4.40 Å². The lowest BCUT2D eigenvalue weighted by molar-refractivity contribution is 0.0731. The van der Waals surface area contributed by atoms with Crippen LogP contribution in [0.3, 0.4) is 0 Å². The molecule has 0 saturated heterocycles. The van der Waals surface area contributed by atoms with Crippen molar-refractivity contribution in [2.45, 2.75) is 69.6 Å². The van der Waals surface area contributed by atoms with Crippen molar-refractivity contribution < 1.29 is 14.0 Å². The van der Waals surface area contributed by atoms with Gasteiger partial charge in [0.1, 0.15) is 11.2 Å². The van der Waals surface area contributed by atoms with Crippen molar-refractivity contribution in [3.63, 3.8) is 0 Å². The minimum Gasteiger partial charge on any atom is -0.455 e. The van der Waals surface area contributed by atoms with E-state index in [1.54, 1.807) is 0 Å². The number of ketones is 2. The van der Waals surface area contributed by atoms with Gasteiger partial charge in [0.05, 0.1) is 22.0 Å². The van der Waals surface area contributed by atoms with Gasteiger partial charge in [-0.3, -0.25) is 9.59 Å². The number of rotatable bonds is 1. The molecule has 6 aliphatic rings. The number of aromatic nitrogens is 1. The number of benzene rings is 7. The van der Waals surface area contributed by atoms with Crippen molar-refractivity contribution in [3.8, 4) is 11.1 Å². The van der Waals surface area contributed by atoms with Crippen LogP contribution in [0.2, 0.25) is 0 Å². The maximum atomic E-state index is 15.7. The summed E-state index contributed by atoms with van der Waals surface area (Å²) in [7, 11) is 0. The summed E-state index contributed by atoms with van der Waals surface area (Å²) in [4.78, 5) is 30.6. The Kier molecular flexibility index (Phi) is 5.79. The molecule has 60 heavy (non-hydrogen) atoms. The van der Waals surface area contributed by atoms with E-state index in [1.165, 1.54) is 16.7 Å². The molecular weight excluding hydrogens is 735 g/mol. The monoisotopic (exact) mass is 775 g/mol. The number of hydrogen-bond acceptors (Lipinski definition) is 3. The fraction of sp³-hybridized carbons (Fsp3) is 0.214. The zero-order chi connectivity index (χ0) is 40.2. The number of fused-ring (bicyclic) bond motifs is 12. The van der Waals surface area contributed by atoms with Crippen LogP contribution < -0.4 is 0 Å². The normalized spacial score (nSPS) is 25.4. The maximum absolute atomic E-state index is 15.7. The first kappa shape index (κ1) is 33.3. The summed E-state index contributed by atoms with van der Waals surface area (Å²) in [6.45, 7) is 9.03. The first-order chi connectivity index (χ1) is 29.1. The molecule has 1 saturated carbocycles. The lowest BCUT2D eigenvalue weighted by atomic mass is 9.59. The molecule has 3 heterocycles. The Bertz CT molecular complexity index is 3600. The van der Waals surface area contributed by atoms with Gasteiger partial charge in [-0.15, -0.1) is 0 Å². The number of para-hydroxylation sites is 1. The molecule has 288 valence electrons. The number of furan rings is 1. The van der Waals surface area contributed by atoms with Gasteiger partial charge in [0, 0.05) is 59.8 Å². The third-order valence-corrected chi connectivity index (χ3v) is 16.5. The summed E-state index contributed by atoms with van der Waals surface area (Å²) >= 11 is 0. The molecule has 0 atom stereocenters. The molecule has 0 amide bonds. The highest BCUT2D eigenvalue weighted by molar-refractivity contribution is 6.39. The van der Waals surface area contributed by atoms with Crippen LogP contribution in [0.25, 0.3) is 71.2 Å². The van der Waals surface area contributed by atoms with E-state index < -0.39 is 10.8 Å². The summed E-state index contributed by atoms with van der Waals surface area (Å²) in [5.74, 6) is 0.390. The summed E-state index contributed by atoms with van der Waals surface area (Å²) in [5.41, 5.74) is 13.4. The number of carbonyl (C=O) groups is 2. The highest BCUT2D eigenvalue weighted by Gasteiger charge is 2.55. The van der Waals surface area contributed by atoms with Gasteiger partial charge in [-0.1, -0.05) is 111 Å². The van der Waals surface area contributed by atoms with Crippen molar-refractivity contribution in [1.29, 1.82) is 0 Å². The maximum Gasteiger partial charge on any atom is 0.177 e. The number of hydrogen-bond donors (Lipinski definition) is 0. The van der Waals surface area contributed by atoms with Gasteiger partial charge in [-0.2, -0.15) is 0 Å². The highest BCUT2D eigenvalue weighted by Crippen LogP contribution is 2.60. The van der Waals surface area contributed by atoms with Crippen molar-refractivity contribution in [2.75, 3.05) is 0 Å². The molecule has 0 spiro atoms. The largest absolute Gasteiger partial charge is 0.455 e. The van der Waals surface area contributed by atoms with E-state index in [-0.39, 0.29) is 22.4 Å². The van der Waals surface area contributed by atoms with Crippen LogP contribution in [-0.4, -0.2) is 16.0 Å². The molecule has 4 bridgehead atoms. The minimum absolute atomic E-state index is 0.0945. The number of nitrogens with zero attached hydrogens (tertiary/aromatic N) is 1. The van der Waals surface area contributed by atoms with Gasteiger partial charge >= 0.3 is 0 Å². The lowest BCUT2D eigenvalue weighted by Crippen LogP contribution is -2.40. The van der Waals surface area contributed by atoms with Crippen LogP contribution in [0.5, 0.6) is 0 Å². The Morgan fingerprint density at radius 1 is 0.483 bits per heavy atom. The zero-order valence-corrected chi connectivity index (χ0v) is 34.1.